The third kappa shape index (κ3) is 1.67. The van der Waals surface area contributed by atoms with Crippen LogP contribution in [0.5, 0.6) is 5.88 Å². The number of fused-ring (bicyclic) bond motifs is 1. The van der Waals surface area contributed by atoms with Crippen LogP contribution >= 0.6 is 0 Å². The molecule has 0 saturated heterocycles. The zero-order valence-electron chi connectivity index (χ0n) is 9.99. The van der Waals surface area contributed by atoms with Crippen LogP contribution in [0.1, 0.15) is 11.4 Å². The van der Waals surface area contributed by atoms with Gasteiger partial charge in [0.1, 0.15) is 0 Å². The van der Waals surface area contributed by atoms with Crippen molar-refractivity contribution < 1.29 is 5.11 Å². The van der Waals surface area contributed by atoms with Crippen LogP contribution in [0.15, 0.2) is 24.4 Å². The predicted octanol–water partition coefficient (Wildman–Crippen LogP) is 1.51. The Hall–Kier alpha value is -2.50. The van der Waals surface area contributed by atoms with E-state index in [0.717, 1.165) is 17.0 Å². The Balaban J connectivity index is 2.19. The Morgan fingerprint density at radius 1 is 1.17 bits per heavy atom. The molecule has 0 atom stereocenters. The number of pyridine rings is 1. The van der Waals surface area contributed by atoms with Crippen LogP contribution in [-0.4, -0.2) is 29.7 Å². The normalized spacial score (nSPS) is 11.0. The molecule has 0 spiro atoms. The number of rotatable bonds is 1. The summed E-state index contributed by atoms with van der Waals surface area (Å²) in [6.45, 7) is 3.87. The highest BCUT2D eigenvalue weighted by atomic mass is 16.3. The van der Waals surface area contributed by atoms with Crippen LogP contribution < -0.4 is 0 Å². The first-order valence-electron chi connectivity index (χ1n) is 5.50. The van der Waals surface area contributed by atoms with Gasteiger partial charge in [0.25, 0.3) is 5.78 Å². The summed E-state index contributed by atoms with van der Waals surface area (Å²) in [6.07, 6.45) is 1.53. The van der Waals surface area contributed by atoms with Gasteiger partial charge in [-0.2, -0.15) is 4.98 Å². The summed E-state index contributed by atoms with van der Waals surface area (Å²) >= 11 is 0. The molecule has 18 heavy (non-hydrogen) atoms. The van der Waals surface area contributed by atoms with Crippen molar-refractivity contribution in [2.24, 2.45) is 0 Å². The fraction of sp³-hybridized carbons (Fsp3) is 0.167. The minimum Gasteiger partial charge on any atom is -0.493 e. The van der Waals surface area contributed by atoms with Crippen molar-refractivity contribution in [3.05, 3.63) is 35.8 Å². The molecule has 6 nitrogen and oxygen atoms in total. The molecule has 0 unspecified atom stereocenters. The van der Waals surface area contributed by atoms with Crippen LogP contribution in [0.3, 0.4) is 0 Å². The molecule has 0 aliphatic heterocycles. The quantitative estimate of drug-likeness (QED) is 0.698. The highest BCUT2D eigenvalue weighted by Gasteiger charge is 2.09. The number of hydrogen-bond acceptors (Lipinski definition) is 5. The summed E-state index contributed by atoms with van der Waals surface area (Å²) < 4.78 is 1.69. The van der Waals surface area contributed by atoms with Gasteiger partial charge in [-0.1, -0.05) is 0 Å². The molecule has 1 N–H and O–H groups in total. The minimum absolute atomic E-state index is 0.0207. The van der Waals surface area contributed by atoms with Crippen LogP contribution in [0, 0.1) is 13.8 Å². The molecule has 3 heterocycles. The second-order valence-corrected chi connectivity index (χ2v) is 4.09. The molecule has 0 aliphatic carbocycles. The molecule has 90 valence electrons. The lowest BCUT2D eigenvalue weighted by molar-refractivity contribution is 0.453. The average Bonchev–Trinajstić information content (AvgIpc) is 2.74. The lowest BCUT2D eigenvalue weighted by atomic mass is 10.3. The molecule has 3 aromatic heterocycles. The Bertz CT molecular complexity index is 717. The Morgan fingerprint density at radius 3 is 2.72 bits per heavy atom. The van der Waals surface area contributed by atoms with Crippen molar-refractivity contribution >= 4 is 5.78 Å². The molecule has 0 bridgehead atoms. The maximum absolute atomic E-state index is 9.15. The molecule has 0 amide bonds. The van der Waals surface area contributed by atoms with Crippen molar-refractivity contribution in [1.82, 2.24) is 24.6 Å². The first-order chi connectivity index (χ1) is 8.63. The van der Waals surface area contributed by atoms with E-state index in [1.807, 2.05) is 19.9 Å². The van der Waals surface area contributed by atoms with Gasteiger partial charge in [0.2, 0.25) is 5.88 Å². The zero-order valence-corrected chi connectivity index (χ0v) is 9.99. The Morgan fingerprint density at radius 2 is 2.00 bits per heavy atom. The standard InChI is InChI=1S/C12H11N5O/c1-7-5-8(2)17-12(14-7)15-11(16-17)9-3-4-10(18)13-6-9/h3-6H,1-2H3,(H,13,18). The second-order valence-electron chi connectivity index (χ2n) is 4.09. The van der Waals surface area contributed by atoms with Gasteiger partial charge in [0.15, 0.2) is 5.82 Å². The predicted molar refractivity (Wildman–Crippen MR) is 65.2 cm³/mol. The topological polar surface area (TPSA) is 76.2 Å². The molecule has 0 aromatic carbocycles. The lowest BCUT2D eigenvalue weighted by Crippen LogP contribution is -1.97. The third-order valence-electron chi connectivity index (χ3n) is 2.62. The van der Waals surface area contributed by atoms with E-state index in [-0.39, 0.29) is 5.88 Å². The second kappa shape index (κ2) is 3.76. The third-order valence-corrected chi connectivity index (χ3v) is 2.62. The van der Waals surface area contributed by atoms with Crippen molar-refractivity contribution in [3.63, 3.8) is 0 Å². The van der Waals surface area contributed by atoms with Crippen LogP contribution in [0.25, 0.3) is 17.2 Å². The lowest BCUT2D eigenvalue weighted by Gasteiger charge is -1.97. The summed E-state index contributed by atoms with van der Waals surface area (Å²) in [4.78, 5) is 12.5. The van der Waals surface area contributed by atoms with Crippen molar-refractivity contribution in [3.8, 4) is 17.3 Å². The maximum Gasteiger partial charge on any atom is 0.253 e. The van der Waals surface area contributed by atoms with E-state index in [1.54, 1.807) is 10.6 Å². The van der Waals surface area contributed by atoms with Crippen molar-refractivity contribution in [2.75, 3.05) is 0 Å². The van der Waals surface area contributed by atoms with E-state index in [0.29, 0.717) is 11.6 Å². The average molecular weight is 241 g/mol. The van der Waals surface area contributed by atoms with E-state index < -0.39 is 0 Å². The maximum atomic E-state index is 9.15. The molecule has 0 saturated carbocycles. The molecule has 0 fully saturated rings. The molecule has 3 aromatic rings. The minimum atomic E-state index is -0.0207. The smallest absolute Gasteiger partial charge is 0.253 e. The summed E-state index contributed by atoms with van der Waals surface area (Å²) in [7, 11) is 0. The highest BCUT2D eigenvalue weighted by Crippen LogP contribution is 2.17. The van der Waals surface area contributed by atoms with Crippen LogP contribution in [-0.2, 0) is 0 Å². The molecule has 6 heteroatoms. The first kappa shape index (κ1) is 10.6. The van der Waals surface area contributed by atoms with Gasteiger partial charge in [-0.15, -0.1) is 5.10 Å². The molecule has 3 rings (SSSR count). The summed E-state index contributed by atoms with van der Waals surface area (Å²) in [6, 6.07) is 5.17. The SMILES string of the molecule is Cc1cc(C)n2nc(-c3ccc(O)nc3)nc2n1. The molecular weight excluding hydrogens is 230 g/mol. The summed E-state index contributed by atoms with van der Waals surface area (Å²) in [5.74, 6) is 1.09. The number of aryl methyl sites for hydroxylation is 2. The van der Waals surface area contributed by atoms with Crippen LogP contribution in [0.2, 0.25) is 0 Å². The molecule has 0 aliphatic rings. The van der Waals surface area contributed by atoms with Crippen LogP contribution in [0.4, 0.5) is 0 Å². The van der Waals surface area contributed by atoms with Crippen molar-refractivity contribution in [1.29, 1.82) is 0 Å². The Labute approximate surface area is 103 Å². The highest BCUT2D eigenvalue weighted by molar-refractivity contribution is 5.56. The number of nitrogens with zero attached hydrogens (tertiary/aromatic N) is 5. The first-order valence-corrected chi connectivity index (χ1v) is 5.50. The van der Waals surface area contributed by atoms with E-state index in [9.17, 15) is 0 Å². The van der Waals surface area contributed by atoms with Crippen molar-refractivity contribution in [2.45, 2.75) is 13.8 Å². The van der Waals surface area contributed by atoms with Gasteiger partial charge in [0.05, 0.1) is 0 Å². The fourth-order valence-electron chi connectivity index (χ4n) is 1.81. The van der Waals surface area contributed by atoms with E-state index in [2.05, 4.69) is 20.1 Å². The summed E-state index contributed by atoms with van der Waals surface area (Å²) in [5, 5.41) is 13.5. The molecular formula is C12H11N5O. The number of aromatic hydroxyl groups is 1. The van der Waals surface area contributed by atoms with Gasteiger partial charge in [0, 0.05) is 29.2 Å². The number of aromatic nitrogens is 5. The number of hydrogen-bond donors (Lipinski definition) is 1. The Kier molecular flexibility index (Phi) is 2.22. The largest absolute Gasteiger partial charge is 0.493 e. The van der Waals surface area contributed by atoms with E-state index in [1.165, 1.54) is 12.3 Å². The van der Waals surface area contributed by atoms with E-state index in [4.69, 9.17) is 5.11 Å². The fourth-order valence-corrected chi connectivity index (χ4v) is 1.81. The van der Waals surface area contributed by atoms with Gasteiger partial charge in [-0.05, 0) is 26.0 Å². The van der Waals surface area contributed by atoms with Gasteiger partial charge >= 0.3 is 0 Å². The monoisotopic (exact) mass is 241 g/mol. The summed E-state index contributed by atoms with van der Waals surface area (Å²) in [5.41, 5.74) is 2.63. The van der Waals surface area contributed by atoms with Gasteiger partial charge < -0.3 is 5.11 Å². The van der Waals surface area contributed by atoms with Gasteiger partial charge in [-0.3, -0.25) is 0 Å². The van der Waals surface area contributed by atoms with E-state index >= 15 is 0 Å². The zero-order chi connectivity index (χ0) is 12.7. The van der Waals surface area contributed by atoms with Gasteiger partial charge in [-0.25, -0.2) is 14.5 Å². The molecule has 0 radical (unpaired) electrons.